The predicted octanol–water partition coefficient (Wildman–Crippen LogP) is 2.84. The highest BCUT2D eigenvalue weighted by atomic mass is 16.6. The molecule has 2 atom stereocenters. The highest BCUT2D eigenvalue weighted by Crippen LogP contribution is 2.33. The number of rotatable bonds is 4. The Morgan fingerprint density at radius 2 is 2.24 bits per heavy atom. The summed E-state index contributed by atoms with van der Waals surface area (Å²) >= 11 is 0. The van der Waals surface area contributed by atoms with Crippen LogP contribution >= 0.6 is 0 Å². The molecule has 1 aromatic heterocycles. The molecule has 1 aliphatic carbocycles. The molecule has 0 saturated carbocycles. The number of hydrogen-bond acceptors (Lipinski definition) is 6. The molecule has 2 aromatic rings. The summed E-state index contributed by atoms with van der Waals surface area (Å²) in [6, 6.07) is 7.43. The summed E-state index contributed by atoms with van der Waals surface area (Å²) in [6.07, 6.45) is 3.98. The van der Waals surface area contributed by atoms with Crippen LogP contribution < -0.4 is 9.64 Å². The van der Waals surface area contributed by atoms with Crippen molar-refractivity contribution in [3.8, 4) is 5.88 Å². The molecule has 0 spiro atoms. The van der Waals surface area contributed by atoms with Crippen molar-refractivity contribution in [2.24, 2.45) is 0 Å². The van der Waals surface area contributed by atoms with Crippen LogP contribution in [-0.2, 0) is 11.2 Å². The van der Waals surface area contributed by atoms with E-state index in [1.54, 1.807) is 11.0 Å². The number of aliphatic hydroxyl groups excluding tert-OH is 1. The minimum atomic E-state index is -0.470. The number of carbonyl (C=O) groups is 1. The molecule has 0 radical (unpaired) electrons. The van der Waals surface area contributed by atoms with Crippen molar-refractivity contribution in [1.82, 2.24) is 5.16 Å². The second-order valence-corrected chi connectivity index (χ2v) is 6.41. The highest BCUT2D eigenvalue weighted by molar-refractivity contribution is 5.90. The van der Waals surface area contributed by atoms with Gasteiger partial charge in [-0.3, -0.25) is 4.90 Å². The van der Waals surface area contributed by atoms with Gasteiger partial charge in [-0.05, 0) is 47.7 Å². The molecule has 4 rings (SSSR count). The number of carbonyl (C=O) groups excluding carboxylic acids is 1. The summed E-state index contributed by atoms with van der Waals surface area (Å²) in [7, 11) is 0. The van der Waals surface area contributed by atoms with Crippen molar-refractivity contribution in [2.45, 2.75) is 37.9 Å². The molecule has 1 amide bonds. The summed E-state index contributed by atoms with van der Waals surface area (Å²) < 4.78 is 15.5. The Bertz CT molecular complexity index is 746. The van der Waals surface area contributed by atoms with Gasteiger partial charge < -0.3 is 19.1 Å². The molecule has 2 heterocycles. The van der Waals surface area contributed by atoms with Gasteiger partial charge in [0.2, 0.25) is 0 Å². The van der Waals surface area contributed by atoms with Crippen molar-refractivity contribution >= 4 is 11.8 Å². The maximum absolute atomic E-state index is 12.2. The maximum atomic E-state index is 12.2. The van der Waals surface area contributed by atoms with Crippen molar-refractivity contribution in [2.75, 3.05) is 18.1 Å². The van der Waals surface area contributed by atoms with E-state index in [2.05, 4.69) is 5.16 Å². The summed E-state index contributed by atoms with van der Waals surface area (Å²) in [5, 5.41) is 14.0. The van der Waals surface area contributed by atoms with E-state index in [1.165, 1.54) is 6.26 Å². The van der Waals surface area contributed by atoms with Gasteiger partial charge in [-0.2, -0.15) is 0 Å². The minimum Gasteiger partial charge on any atom is -0.471 e. The molecule has 1 saturated heterocycles. The van der Waals surface area contributed by atoms with Crippen LogP contribution in [0.15, 0.2) is 35.1 Å². The number of aromatic nitrogens is 1. The fourth-order valence-corrected chi connectivity index (χ4v) is 3.37. The molecular weight excluding hydrogens is 324 g/mol. The normalized spacial score (nSPS) is 23.1. The van der Waals surface area contributed by atoms with Crippen molar-refractivity contribution < 1.29 is 23.9 Å². The van der Waals surface area contributed by atoms with Gasteiger partial charge in [0.25, 0.3) is 5.88 Å². The first-order chi connectivity index (χ1) is 12.2. The monoisotopic (exact) mass is 344 g/mol. The SMILES string of the molecule is O=C1O[C@@H](COc2ccon2)CN1c1ccc2c(c1)[C@@H](O)CCCC2. The van der Waals surface area contributed by atoms with E-state index < -0.39 is 12.2 Å². The first-order valence-electron chi connectivity index (χ1n) is 8.53. The third-order valence-electron chi connectivity index (χ3n) is 4.68. The lowest BCUT2D eigenvalue weighted by atomic mass is 10.00. The summed E-state index contributed by atoms with van der Waals surface area (Å²) in [5.41, 5.74) is 2.82. The molecule has 0 unspecified atom stereocenters. The van der Waals surface area contributed by atoms with E-state index in [9.17, 15) is 9.90 Å². The molecule has 1 N–H and O–H groups in total. The first-order valence-corrected chi connectivity index (χ1v) is 8.53. The molecular formula is C18H20N2O5. The third-order valence-corrected chi connectivity index (χ3v) is 4.68. The van der Waals surface area contributed by atoms with Gasteiger partial charge in [0.15, 0.2) is 6.10 Å². The number of amides is 1. The standard InChI is InChI=1S/C18H20N2O5/c21-16-4-2-1-3-12-5-6-13(9-15(12)16)20-10-14(25-18(20)22)11-23-17-7-8-24-19-17/h5-9,14,16,21H,1-4,10-11H2/t14-,16+/m1/s1. The van der Waals surface area contributed by atoms with Crippen LogP contribution in [0.25, 0.3) is 0 Å². The van der Waals surface area contributed by atoms with Gasteiger partial charge in [0.1, 0.15) is 12.9 Å². The molecule has 0 bridgehead atoms. The average molecular weight is 344 g/mol. The van der Waals surface area contributed by atoms with Crippen LogP contribution in [0.3, 0.4) is 0 Å². The van der Waals surface area contributed by atoms with Crippen LogP contribution in [0.2, 0.25) is 0 Å². The zero-order valence-electron chi connectivity index (χ0n) is 13.8. The number of nitrogens with zero attached hydrogens (tertiary/aromatic N) is 2. The van der Waals surface area contributed by atoms with Crippen LogP contribution in [0, 0.1) is 0 Å². The van der Waals surface area contributed by atoms with E-state index in [0.717, 1.165) is 42.5 Å². The topological polar surface area (TPSA) is 85.0 Å². The molecule has 1 fully saturated rings. The van der Waals surface area contributed by atoms with E-state index in [-0.39, 0.29) is 12.7 Å². The van der Waals surface area contributed by atoms with Crippen molar-refractivity contribution in [1.29, 1.82) is 0 Å². The van der Waals surface area contributed by atoms with Crippen LogP contribution in [0.4, 0.5) is 10.5 Å². The molecule has 25 heavy (non-hydrogen) atoms. The first kappa shape index (κ1) is 16.0. The molecule has 1 aliphatic heterocycles. The number of benzene rings is 1. The quantitative estimate of drug-likeness (QED) is 0.859. The van der Waals surface area contributed by atoms with Gasteiger partial charge in [0, 0.05) is 11.8 Å². The van der Waals surface area contributed by atoms with E-state index >= 15 is 0 Å². The van der Waals surface area contributed by atoms with Gasteiger partial charge in [-0.25, -0.2) is 4.79 Å². The minimum absolute atomic E-state index is 0.211. The van der Waals surface area contributed by atoms with Crippen LogP contribution in [0.5, 0.6) is 5.88 Å². The zero-order valence-corrected chi connectivity index (χ0v) is 13.8. The molecule has 7 heteroatoms. The lowest BCUT2D eigenvalue weighted by molar-refractivity contribution is 0.101. The largest absolute Gasteiger partial charge is 0.471 e. The predicted molar refractivity (Wildman–Crippen MR) is 88.6 cm³/mol. The molecule has 132 valence electrons. The van der Waals surface area contributed by atoms with E-state index in [0.29, 0.717) is 12.4 Å². The van der Waals surface area contributed by atoms with Gasteiger partial charge in [-0.15, -0.1) is 0 Å². The van der Waals surface area contributed by atoms with Crippen LogP contribution in [0.1, 0.15) is 36.5 Å². The third kappa shape index (κ3) is 3.32. The number of aryl methyl sites for hydroxylation is 1. The second kappa shape index (κ2) is 6.76. The number of cyclic esters (lactones) is 1. The summed E-state index contributed by atoms with van der Waals surface area (Å²) in [4.78, 5) is 13.8. The Hall–Kier alpha value is -2.54. The number of anilines is 1. The Balaban J connectivity index is 1.47. The molecule has 1 aromatic carbocycles. The Morgan fingerprint density at radius 3 is 3.08 bits per heavy atom. The maximum Gasteiger partial charge on any atom is 0.414 e. The molecule has 7 nitrogen and oxygen atoms in total. The number of fused-ring (bicyclic) bond motifs is 1. The number of aliphatic hydroxyl groups is 1. The molecule has 2 aliphatic rings. The number of ether oxygens (including phenoxy) is 2. The highest BCUT2D eigenvalue weighted by Gasteiger charge is 2.33. The van der Waals surface area contributed by atoms with Gasteiger partial charge >= 0.3 is 6.09 Å². The zero-order chi connectivity index (χ0) is 17.2. The van der Waals surface area contributed by atoms with Gasteiger partial charge in [-0.1, -0.05) is 12.5 Å². The Morgan fingerprint density at radius 1 is 1.32 bits per heavy atom. The van der Waals surface area contributed by atoms with E-state index in [1.807, 2.05) is 18.2 Å². The summed E-state index contributed by atoms with van der Waals surface area (Å²) in [5.74, 6) is 0.364. The van der Waals surface area contributed by atoms with Crippen molar-refractivity contribution in [3.05, 3.63) is 41.7 Å². The number of hydrogen-bond donors (Lipinski definition) is 1. The lowest BCUT2D eigenvalue weighted by Crippen LogP contribution is -2.26. The smallest absolute Gasteiger partial charge is 0.414 e. The van der Waals surface area contributed by atoms with Crippen molar-refractivity contribution in [3.63, 3.8) is 0 Å². The van der Waals surface area contributed by atoms with Gasteiger partial charge in [0.05, 0.1) is 12.6 Å². The average Bonchev–Trinajstić information content (AvgIpc) is 3.22. The fraction of sp³-hybridized carbons (Fsp3) is 0.444. The lowest BCUT2D eigenvalue weighted by Gasteiger charge is -2.18. The Kier molecular flexibility index (Phi) is 4.31. The summed E-state index contributed by atoms with van der Waals surface area (Å²) in [6.45, 7) is 0.605. The second-order valence-electron chi connectivity index (χ2n) is 6.41. The fourth-order valence-electron chi connectivity index (χ4n) is 3.37. The van der Waals surface area contributed by atoms with E-state index in [4.69, 9.17) is 14.0 Å². The Labute approximate surface area is 145 Å². The van der Waals surface area contributed by atoms with Crippen LogP contribution in [-0.4, -0.2) is 35.6 Å².